The lowest BCUT2D eigenvalue weighted by Crippen LogP contribution is -2.40. The van der Waals surface area contributed by atoms with Crippen molar-refractivity contribution in [2.45, 2.75) is 12.8 Å². The average Bonchev–Trinajstić information content (AvgIpc) is 2.70. The van der Waals surface area contributed by atoms with Gasteiger partial charge in [0, 0.05) is 32.2 Å². The van der Waals surface area contributed by atoms with Crippen LogP contribution in [0, 0.1) is 0 Å². The number of nitrogens with zero attached hydrogens (tertiary/aromatic N) is 2. The number of aliphatic imine (C=N–C) groups is 1. The number of halogens is 2. The second-order valence-electron chi connectivity index (χ2n) is 6.21. The average molecular weight is 518 g/mol. The molecule has 28 heavy (non-hydrogen) atoms. The van der Waals surface area contributed by atoms with Crippen LogP contribution in [0.1, 0.15) is 11.1 Å². The zero-order chi connectivity index (χ0) is 19.6. The molecule has 0 bridgehead atoms. The molecule has 0 saturated heterocycles. The molecule has 5 nitrogen and oxygen atoms in total. The fraction of sp³-hybridized carbons (Fsp3) is 0.381. The molecule has 0 atom stereocenters. The standard InChI is InChI=1S/C21H28ClN3O2.HI/c1-23-21(24-13-11-16-5-8-18(22)9-6-16)25(2)14-12-17-7-10-19(26-3)20(15-17)27-4;/h5-10,15H,11-14H2,1-4H3,(H,23,24);1H. The first-order chi connectivity index (χ1) is 13.1. The molecule has 0 amide bonds. The minimum absolute atomic E-state index is 0. The molecule has 2 rings (SSSR count). The molecule has 0 aromatic heterocycles. The molecule has 2 aromatic rings. The van der Waals surface area contributed by atoms with Crippen LogP contribution in [0.25, 0.3) is 0 Å². The minimum Gasteiger partial charge on any atom is -0.493 e. The van der Waals surface area contributed by atoms with Crippen LogP contribution in [0.15, 0.2) is 47.5 Å². The first-order valence-electron chi connectivity index (χ1n) is 8.94. The quantitative estimate of drug-likeness (QED) is 0.323. The molecule has 0 fully saturated rings. The van der Waals surface area contributed by atoms with E-state index in [4.69, 9.17) is 21.1 Å². The van der Waals surface area contributed by atoms with Crippen molar-refractivity contribution in [1.82, 2.24) is 10.2 Å². The Morgan fingerprint density at radius 1 is 1.00 bits per heavy atom. The summed E-state index contributed by atoms with van der Waals surface area (Å²) in [5, 5.41) is 4.17. The summed E-state index contributed by atoms with van der Waals surface area (Å²) in [5.74, 6) is 2.38. The van der Waals surface area contributed by atoms with E-state index in [0.717, 1.165) is 48.4 Å². The van der Waals surface area contributed by atoms with E-state index in [9.17, 15) is 0 Å². The summed E-state index contributed by atoms with van der Waals surface area (Å²) in [6.07, 6.45) is 1.80. The molecule has 7 heteroatoms. The van der Waals surface area contributed by atoms with Gasteiger partial charge in [0.15, 0.2) is 17.5 Å². The van der Waals surface area contributed by atoms with Crippen molar-refractivity contribution in [1.29, 1.82) is 0 Å². The normalized spacial score (nSPS) is 10.8. The third kappa shape index (κ3) is 7.39. The maximum atomic E-state index is 5.93. The van der Waals surface area contributed by atoms with E-state index in [1.54, 1.807) is 21.3 Å². The lowest BCUT2D eigenvalue weighted by Gasteiger charge is -2.22. The Hall–Kier alpha value is -1.67. The fourth-order valence-electron chi connectivity index (χ4n) is 2.79. The number of hydrogen-bond donors (Lipinski definition) is 1. The molecule has 0 saturated carbocycles. The van der Waals surface area contributed by atoms with Crippen molar-refractivity contribution in [3.8, 4) is 11.5 Å². The molecule has 154 valence electrons. The topological polar surface area (TPSA) is 46.1 Å². The van der Waals surface area contributed by atoms with Gasteiger partial charge in [-0.3, -0.25) is 4.99 Å². The second-order valence-corrected chi connectivity index (χ2v) is 6.65. The highest BCUT2D eigenvalue weighted by molar-refractivity contribution is 14.0. The first-order valence-corrected chi connectivity index (χ1v) is 9.32. The van der Waals surface area contributed by atoms with Crippen molar-refractivity contribution < 1.29 is 9.47 Å². The number of ether oxygens (including phenoxy) is 2. The van der Waals surface area contributed by atoms with Gasteiger partial charge in [0.05, 0.1) is 14.2 Å². The molecular weight excluding hydrogens is 489 g/mol. The van der Waals surface area contributed by atoms with Crippen LogP contribution in [0.5, 0.6) is 11.5 Å². The van der Waals surface area contributed by atoms with Gasteiger partial charge >= 0.3 is 0 Å². The van der Waals surface area contributed by atoms with Crippen molar-refractivity contribution >= 4 is 41.5 Å². The third-order valence-electron chi connectivity index (χ3n) is 4.37. The van der Waals surface area contributed by atoms with E-state index in [1.165, 1.54) is 11.1 Å². The monoisotopic (exact) mass is 517 g/mol. The van der Waals surface area contributed by atoms with E-state index in [0.29, 0.717) is 0 Å². The fourth-order valence-corrected chi connectivity index (χ4v) is 2.92. The van der Waals surface area contributed by atoms with Crippen molar-refractivity contribution in [2.24, 2.45) is 4.99 Å². The smallest absolute Gasteiger partial charge is 0.193 e. The second kappa shape index (κ2) is 12.7. The molecule has 0 aliphatic heterocycles. The summed E-state index contributed by atoms with van der Waals surface area (Å²) in [6.45, 7) is 1.66. The lowest BCUT2D eigenvalue weighted by molar-refractivity contribution is 0.354. The Labute approximate surface area is 190 Å². The molecule has 2 aromatic carbocycles. The molecular formula is C21H29ClIN3O2. The number of hydrogen-bond acceptors (Lipinski definition) is 3. The molecule has 1 N–H and O–H groups in total. The Bertz CT molecular complexity index is 754. The summed E-state index contributed by atoms with van der Waals surface area (Å²) in [7, 11) is 7.14. The summed E-state index contributed by atoms with van der Waals surface area (Å²) in [4.78, 5) is 6.50. The van der Waals surface area contributed by atoms with Gasteiger partial charge in [0.1, 0.15) is 0 Å². The van der Waals surface area contributed by atoms with Gasteiger partial charge in [-0.2, -0.15) is 0 Å². The number of rotatable bonds is 8. The van der Waals surface area contributed by atoms with Crippen molar-refractivity contribution in [2.75, 3.05) is 41.4 Å². The maximum absolute atomic E-state index is 5.93. The molecule has 0 aliphatic rings. The SMILES string of the molecule is CN=C(NCCc1ccc(Cl)cc1)N(C)CCc1ccc(OC)c(OC)c1.I. The summed E-state index contributed by atoms with van der Waals surface area (Å²) >= 11 is 5.93. The van der Waals surface area contributed by atoms with Crippen LogP contribution in [-0.2, 0) is 12.8 Å². The van der Waals surface area contributed by atoms with Gasteiger partial charge in [0.25, 0.3) is 0 Å². The summed E-state index contributed by atoms with van der Waals surface area (Å²) in [6, 6.07) is 14.0. The van der Waals surface area contributed by atoms with E-state index >= 15 is 0 Å². The van der Waals surface area contributed by atoms with Gasteiger partial charge in [-0.25, -0.2) is 0 Å². The number of nitrogens with one attached hydrogen (secondary N) is 1. The van der Waals surface area contributed by atoms with Crippen molar-refractivity contribution in [3.63, 3.8) is 0 Å². The number of methoxy groups -OCH3 is 2. The minimum atomic E-state index is 0. The summed E-state index contributed by atoms with van der Waals surface area (Å²) < 4.78 is 10.7. The van der Waals surface area contributed by atoms with Gasteiger partial charge in [0.2, 0.25) is 0 Å². The Morgan fingerprint density at radius 3 is 2.25 bits per heavy atom. The lowest BCUT2D eigenvalue weighted by atomic mass is 10.1. The summed E-state index contributed by atoms with van der Waals surface area (Å²) in [5.41, 5.74) is 2.44. The van der Waals surface area contributed by atoms with Gasteiger partial charge < -0.3 is 19.7 Å². The zero-order valence-corrected chi connectivity index (χ0v) is 20.0. The van der Waals surface area contributed by atoms with Gasteiger partial charge in [-0.1, -0.05) is 29.8 Å². The number of benzene rings is 2. The van der Waals surface area contributed by atoms with E-state index in [-0.39, 0.29) is 24.0 Å². The van der Waals surface area contributed by atoms with E-state index in [1.807, 2.05) is 43.4 Å². The Morgan fingerprint density at radius 2 is 1.64 bits per heavy atom. The molecule has 0 unspecified atom stereocenters. The van der Waals surface area contributed by atoms with Gasteiger partial charge in [-0.15, -0.1) is 24.0 Å². The van der Waals surface area contributed by atoms with Crippen LogP contribution >= 0.6 is 35.6 Å². The highest BCUT2D eigenvalue weighted by Gasteiger charge is 2.08. The molecule has 0 radical (unpaired) electrons. The largest absolute Gasteiger partial charge is 0.493 e. The number of guanidine groups is 1. The van der Waals surface area contributed by atoms with Crippen LogP contribution < -0.4 is 14.8 Å². The van der Waals surface area contributed by atoms with Crippen LogP contribution in [0.3, 0.4) is 0 Å². The number of likely N-dealkylation sites (N-methyl/N-ethyl adjacent to an activating group) is 1. The Balaban J connectivity index is 0.00000392. The van der Waals surface area contributed by atoms with E-state index in [2.05, 4.69) is 21.3 Å². The van der Waals surface area contributed by atoms with Crippen molar-refractivity contribution in [3.05, 3.63) is 58.6 Å². The highest BCUT2D eigenvalue weighted by Crippen LogP contribution is 2.27. The van der Waals surface area contributed by atoms with Crippen LogP contribution in [0.2, 0.25) is 5.02 Å². The molecule has 0 heterocycles. The van der Waals surface area contributed by atoms with Crippen LogP contribution in [-0.4, -0.2) is 52.3 Å². The Kier molecular flexibility index (Phi) is 11.1. The van der Waals surface area contributed by atoms with E-state index < -0.39 is 0 Å². The predicted octanol–water partition coefficient (Wildman–Crippen LogP) is 4.27. The van der Waals surface area contributed by atoms with Gasteiger partial charge in [-0.05, 0) is 48.2 Å². The predicted molar refractivity (Wildman–Crippen MR) is 128 cm³/mol. The first kappa shape index (κ1) is 24.4. The third-order valence-corrected chi connectivity index (χ3v) is 4.62. The molecule has 0 spiro atoms. The highest BCUT2D eigenvalue weighted by atomic mass is 127. The van der Waals surface area contributed by atoms with Crippen LogP contribution in [0.4, 0.5) is 0 Å². The molecule has 0 aliphatic carbocycles. The zero-order valence-electron chi connectivity index (χ0n) is 16.9. The maximum Gasteiger partial charge on any atom is 0.193 e.